The fourth-order valence-corrected chi connectivity index (χ4v) is 2.46. The van der Waals surface area contributed by atoms with Gasteiger partial charge in [-0.15, -0.1) is 35.3 Å². The van der Waals surface area contributed by atoms with E-state index < -0.39 is 0 Å². The van der Waals surface area contributed by atoms with Gasteiger partial charge in [0.1, 0.15) is 0 Å². The summed E-state index contributed by atoms with van der Waals surface area (Å²) in [7, 11) is 0. The van der Waals surface area contributed by atoms with Crippen molar-refractivity contribution in [1.29, 1.82) is 0 Å². The van der Waals surface area contributed by atoms with Crippen LogP contribution < -0.4 is 11.1 Å². The van der Waals surface area contributed by atoms with Crippen molar-refractivity contribution in [2.75, 3.05) is 0 Å². The van der Waals surface area contributed by atoms with Crippen molar-refractivity contribution in [3.8, 4) is 0 Å². The number of nitrogens with zero attached hydrogens (tertiary/aromatic N) is 1. The van der Waals surface area contributed by atoms with Gasteiger partial charge in [0.05, 0.1) is 6.54 Å². The molecule has 0 amide bonds. The van der Waals surface area contributed by atoms with Crippen LogP contribution in [0.25, 0.3) is 0 Å². The molecule has 0 aliphatic heterocycles. The van der Waals surface area contributed by atoms with Crippen LogP contribution in [-0.4, -0.2) is 12.0 Å². The number of aliphatic imine (C=N–C) groups is 1. The second kappa shape index (κ2) is 6.05. The third kappa shape index (κ3) is 4.69. The SMILES string of the molecule is I.NC(=NCc1cc(Br)cs1)NC1CC1. The molecule has 0 radical (unpaired) electrons. The third-order valence-corrected chi connectivity index (χ3v) is 3.64. The Kier molecular flexibility index (Phi) is 5.34. The maximum atomic E-state index is 5.70. The van der Waals surface area contributed by atoms with Gasteiger partial charge in [0.25, 0.3) is 0 Å². The zero-order chi connectivity index (χ0) is 9.97. The zero-order valence-electron chi connectivity index (χ0n) is 8.07. The second-order valence-electron chi connectivity index (χ2n) is 3.35. The Balaban J connectivity index is 0.00000112. The molecule has 1 aliphatic carbocycles. The molecule has 0 unspecified atom stereocenters. The molecule has 15 heavy (non-hydrogen) atoms. The van der Waals surface area contributed by atoms with Gasteiger partial charge in [0, 0.05) is 20.8 Å². The first-order valence-electron chi connectivity index (χ1n) is 4.53. The smallest absolute Gasteiger partial charge is 0.189 e. The van der Waals surface area contributed by atoms with Crippen LogP contribution in [-0.2, 0) is 6.54 Å². The Labute approximate surface area is 119 Å². The molecule has 6 heteroatoms. The summed E-state index contributed by atoms with van der Waals surface area (Å²) in [5.41, 5.74) is 5.70. The molecule has 1 heterocycles. The summed E-state index contributed by atoms with van der Waals surface area (Å²) in [5, 5.41) is 5.20. The lowest BCUT2D eigenvalue weighted by Gasteiger charge is -2.01. The highest BCUT2D eigenvalue weighted by atomic mass is 127. The summed E-state index contributed by atoms with van der Waals surface area (Å²) >= 11 is 5.09. The number of thiophene rings is 1. The van der Waals surface area contributed by atoms with E-state index in [9.17, 15) is 0 Å². The topological polar surface area (TPSA) is 50.4 Å². The average Bonchev–Trinajstić information content (AvgIpc) is 2.85. The van der Waals surface area contributed by atoms with Crippen LogP contribution in [0.1, 0.15) is 17.7 Å². The van der Waals surface area contributed by atoms with Crippen LogP contribution in [0.3, 0.4) is 0 Å². The summed E-state index contributed by atoms with van der Waals surface area (Å²) in [4.78, 5) is 5.48. The van der Waals surface area contributed by atoms with Crippen molar-refractivity contribution < 1.29 is 0 Å². The van der Waals surface area contributed by atoms with Crippen LogP contribution in [0.2, 0.25) is 0 Å². The van der Waals surface area contributed by atoms with Crippen molar-refractivity contribution >= 4 is 57.2 Å². The van der Waals surface area contributed by atoms with Gasteiger partial charge in [0.15, 0.2) is 5.96 Å². The van der Waals surface area contributed by atoms with E-state index in [1.54, 1.807) is 11.3 Å². The third-order valence-electron chi connectivity index (χ3n) is 1.96. The molecule has 1 aromatic rings. The predicted molar refractivity (Wildman–Crippen MR) is 78.9 cm³/mol. The molecule has 0 atom stereocenters. The van der Waals surface area contributed by atoms with E-state index in [-0.39, 0.29) is 24.0 Å². The molecule has 1 saturated carbocycles. The maximum absolute atomic E-state index is 5.70. The number of hydrogen-bond acceptors (Lipinski definition) is 2. The highest BCUT2D eigenvalue weighted by Gasteiger charge is 2.21. The molecule has 0 spiro atoms. The van der Waals surface area contributed by atoms with E-state index in [0.717, 1.165) is 4.47 Å². The molecule has 3 N–H and O–H groups in total. The first-order valence-corrected chi connectivity index (χ1v) is 6.20. The van der Waals surface area contributed by atoms with Crippen molar-refractivity contribution in [1.82, 2.24) is 5.32 Å². The van der Waals surface area contributed by atoms with Crippen LogP contribution in [0.5, 0.6) is 0 Å². The fraction of sp³-hybridized carbons (Fsp3) is 0.444. The number of hydrogen-bond donors (Lipinski definition) is 2. The largest absolute Gasteiger partial charge is 0.370 e. The summed E-state index contributed by atoms with van der Waals surface area (Å²) in [6.45, 7) is 0.668. The maximum Gasteiger partial charge on any atom is 0.189 e. The summed E-state index contributed by atoms with van der Waals surface area (Å²) in [5.74, 6) is 0.567. The summed E-state index contributed by atoms with van der Waals surface area (Å²) < 4.78 is 1.11. The molecular weight excluding hydrogens is 389 g/mol. The summed E-state index contributed by atoms with van der Waals surface area (Å²) in [6, 6.07) is 2.65. The van der Waals surface area contributed by atoms with Gasteiger partial charge in [-0.25, -0.2) is 4.99 Å². The van der Waals surface area contributed by atoms with Gasteiger partial charge < -0.3 is 11.1 Å². The van der Waals surface area contributed by atoms with Gasteiger partial charge in [-0.05, 0) is 34.8 Å². The molecule has 0 saturated heterocycles. The van der Waals surface area contributed by atoms with Crippen molar-refractivity contribution in [3.05, 3.63) is 20.8 Å². The van der Waals surface area contributed by atoms with Crippen molar-refractivity contribution in [2.45, 2.75) is 25.4 Å². The normalized spacial score (nSPS) is 15.9. The fourth-order valence-electron chi connectivity index (χ4n) is 1.08. The Morgan fingerprint density at radius 2 is 2.40 bits per heavy atom. The molecule has 1 aromatic heterocycles. The van der Waals surface area contributed by atoms with Crippen LogP contribution in [0.4, 0.5) is 0 Å². The van der Waals surface area contributed by atoms with E-state index in [1.165, 1.54) is 17.7 Å². The molecule has 1 aliphatic rings. The van der Waals surface area contributed by atoms with Gasteiger partial charge in [-0.1, -0.05) is 0 Å². The lowest BCUT2D eigenvalue weighted by atomic mass is 10.5. The van der Waals surface area contributed by atoms with Crippen LogP contribution in [0, 0.1) is 0 Å². The first kappa shape index (κ1) is 13.2. The average molecular weight is 402 g/mol. The van der Waals surface area contributed by atoms with E-state index in [1.807, 2.05) is 0 Å². The number of guanidine groups is 1. The first-order chi connectivity index (χ1) is 6.74. The summed E-state index contributed by atoms with van der Waals surface area (Å²) in [6.07, 6.45) is 2.45. The predicted octanol–water partition coefficient (Wildman–Crippen LogP) is 2.70. The van der Waals surface area contributed by atoms with E-state index in [0.29, 0.717) is 18.5 Å². The van der Waals surface area contributed by atoms with Crippen molar-refractivity contribution in [3.63, 3.8) is 0 Å². The molecule has 1 fully saturated rings. The molecular formula is C9H13BrIN3S. The minimum Gasteiger partial charge on any atom is -0.370 e. The number of rotatable bonds is 3. The highest BCUT2D eigenvalue weighted by molar-refractivity contribution is 14.0. The van der Waals surface area contributed by atoms with E-state index in [4.69, 9.17) is 5.73 Å². The molecule has 0 aromatic carbocycles. The Bertz CT molecular complexity index is 349. The monoisotopic (exact) mass is 401 g/mol. The molecule has 84 valence electrons. The number of nitrogens with one attached hydrogen (secondary N) is 1. The van der Waals surface area contributed by atoms with Gasteiger partial charge in [0.2, 0.25) is 0 Å². The van der Waals surface area contributed by atoms with Gasteiger partial charge in [-0.3, -0.25) is 0 Å². The second-order valence-corrected chi connectivity index (χ2v) is 5.26. The van der Waals surface area contributed by atoms with Gasteiger partial charge in [-0.2, -0.15) is 0 Å². The van der Waals surface area contributed by atoms with E-state index >= 15 is 0 Å². The van der Waals surface area contributed by atoms with Gasteiger partial charge >= 0.3 is 0 Å². The molecule has 2 rings (SSSR count). The standard InChI is InChI=1S/C9H12BrN3S.HI/c10-6-3-8(14-5-6)4-12-9(11)13-7-1-2-7;/h3,5,7H,1-2,4H2,(H3,11,12,13);1H. The molecule has 3 nitrogen and oxygen atoms in total. The van der Waals surface area contributed by atoms with E-state index in [2.05, 4.69) is 37.7 Å². The minimum atomic E-state index is 0. The Morgan fingerprint density at radius 1 is 1.67 bits per heavy atom. The molecule has 0 bridgehead atoms. The Hall–Kier alpha value is 0.180. The van der Waals surface area contributed by atoms with Crippen LogP contribution in [0.15, 0.2) is 20.9 Å². The van der Waals surface area contributed by atoms with Crippen molar-refractivity contribution in [2.24, 2.45) is 10.7 Å². The lowest BCUT2D eigenvalue weighted by Crippen LogP contribution is -2.33. The minimum absolute atomic E-state index is 0. The number of nitrogens with two attached hydrogens (primary N) is 1. The zero-order valence-corrected chi connectivity index (χ0v) is 12.8. The lowest BCUT2D eigenvalue weighted by molar-refractivity contribution is 0.881. The highest BCUT2D eigenvalue weighted by Crippen LogP contribution is 2.20. The number of halogens is 2. The Morgan fingerprint density at radius 3 is 2.93 bits per heavy atom. The quantitative estimate of drug-likeness (QED) is 0.464. The van der Waals surface area contributed by atoms with Crippen LogP contribution >= 0.6 is 51.2 Å².